The topological polar surface area (TPSA) is 58.9 Å². The van der Waals surface area contributed by atoms with Gasteiger partial charge in [0.25, 0.3) is 0 Å². The fourth-order valence-electron chi connectivity index (χ4n) is 3.53. The summed E-state index contributed by atoms with van der Waals surface area (Å²) in [5.41, 5.74) is 1.87. The van der Waals surface area contributed by atoms with Gasteiger partial charge < -0.3 is 23.5 Å². The smallest absolute Gasteiger partial charge is 0.197 e. The highest BCUT2D eigenvalue weighted by Gasteiger charge is 2.23. The van der Waals surface area contributed by atoms with E-state index >= 15 is 0 Å². The molecule has 1 aromatic heterocycles. The van der Waals surface area contributed by atoms with E-state index in [2.05, 4.69) is 0 Å². The van der Waals surface area contributed by atoms with Crippen LogP contribution in [0.25, 0.3) is 11.3 Å². The SMILES string of the molecule is [2H]c1c(OC[C@@H]2COCCO2)n2c(c(C)c1=O)-c1ccc(OC([2H])([2H])C([2H])([2H])F)cc1CC2. The summed E-state index contributed by atoms with van der Waals surface area (Å²) < 4.78 is 74.4. The van der Waals surface area contributed by atoms with Gasteiger partial charge in [-0.05, 0) is 37.1 Å². The minimum Gasteiger partial charge on any atom is -0.491 e. The summed E-state index contributed by atoms with van der Waals surface area (Å²) >= 11 is 0. The van der Waals surface area contributed by atoms with Crippen LogP contribution < -0.4 is 14.9 Å². The number of hydrogen-bond acceptors (Lipinski definition) is 5. The molecule has 6 nitrogen and oxygen atoms in total. The average molecular weight is 394 g/mol. The number of hydrogen-bond donors (Lipinski definition) is 0. The molecule has 1 fully saturated rings. The highest BCUT2D eigenvalue weighted by atomic mass is 19.1. The van der Waals surface area contributed by atoms with E-state index < -0.39 is 18.6 Å². The summed E-state index contributed by atoms with van der Waals surface area (Å²) in [6.07, 6.45) is 0.153. The van der Waals surface area contributed by atoms with Crippen LogP contribution in [0.4, 0.5) is 4.39 Å². The number of halogens is 1. The van der Waals surface area contributed by atoms with Gasteiger partial charge in [0, 0.05) is 23.7 Å². The van der Waals surface area contributed by atoms with E-state index in [9.17, 15) is 9.18 Å². The lowest BCUT2D eigenvalue weighted by Gasteiger charge is -2.28. The highest BCUT2D eigenvalue weighted by Crippen LogP contribution is 2.35. The molecule has 1 aromatic carbocycles. The molecule has 0 amide bonds. The predicted octanol–water partition coefficient (Wildman–Crippen LogP) is 2.52. The number of alkyl halides is 1. The number of pyridine rings is 1. The first-order valence-electron chi connectivity index (χ1n) is 11.6. The van der Waals surface area contributed by atoms with Crippen LogP contribution in [0.3, 0.4) is 0 Å². The number of aromatic nitrogens is 1. The van der Waals surface area contributed by atoms with Gasteiger partial charge in [0.2, 0.25) is 0 Å². The lowest BCUT2D eigenvalue weighted by Crippen LogP contribution is -2.34. The Balaban J connectivity index is 1.69. The van der Waals surface area contributed by atoms with E-state index in [4.69, 9.17) is 25.8 Å². The van der Waals surface area contributed by atoms with Gasteiger partial charge in [-0.25, -0.2) is 4.39 Å². The minimum atomic E-state index is -3.69. The Kier molecular flexibility index (Phi) is 4.08. The summed E-state index contributed by atoms with van der Waals surface area (Å²) in [6.45, 7) is -3.39. The number of rotatable bonds is 6. The number of fused-ring (bicyclic) bond motifs is 3. The van der Waals surface area contributed by atoms with Gasteiger partial charge in [0.05, 0.1) is 32.4 Å². The molecule has 1 saturated heterocycles. The maximum absolute atomic E-state index is 13.5. The molecule has 0 radical (unpaired) electrons. The van der Waals surface area contributed by atoms with E-state index in [1.54, 1.807) is 17.6 Å². The molecular weight excluding hydrogens is 365 g/mol. The zero-order chi connectivity index (χ0) is 24.0. The van der Waals surface area contributed by atoms with E-state index in [0.717, 1.165) is 5.56 Å². The Morgan fingerprint density at radius 1 is 1.39 bits per heavy atom. The van der Waals surface area contributed by atoms with Crippen LogP contribution in [0.1, 0.15) is 18.0 Å². The molecule has 0 spiro atoms. The second-order valence-electron chi connectivity index (χ2n) is 6.63. The molecule has 2 aromatic rings. The van der Waals surface area contributed by atoms with E-state index in [1.807, 2.05) is 0 Å². The molecule has 2 aliphatic rings. The first-order valence-corrected chi connectivity index (χ1v) is 9.07. The standard InChI is InChI=1S/C21H24FNO5/c1-14-19(24)11-20(28-13-17-12-25-8-9-27-17)23-6-4-15-10-16(26-7-5-22)2-3-18(15)21(14)23/h2-3,10-11,17H,4-9,12-13H2,1H3/t17-/m0/s1/i5D2,7D2,11D. The first kappa shape index (κ1) is 13.7. The molecule has 150 valence electrons. The van der Waals surface area contributed by atoms with E-state index in [1.165, 1.54) is 12.1 Å². The predicted molar refractivity (Wildman–Crippen MR) is 102 cm³/mol. The second-order valence-corrected chi connectivity index (χ2v) is 6.63. The van der Waals surface area contributed by atoms with Gasteiger partial charge in [-0.1, -0.05) is 0 Å². The van der Waals surface area contributed by atoms with Crippen LogP contribution in [0.2, 0.25) is 0 Å². The summed E-state index contributed by atoms with van der Waals surface area (Å²) in [5, 5.41) is 0. The molecule has 1 atom stereocenters. The number of ether oxygens (including phenoxy) is 4. The van der Waals surface area contributed by atoms with Crippen LogP contribution >= 0.6 is 0 Å². The highest BCUT2D eigenvalue weighted by molar-refractivity contribution is 5.70. The van der Waals surface area contributed by atoms with Crippen molar-refractivity contribution in [1.82, 2.24) is 4.57 Å². The van der Waals surface area contributed by atoms with Gasteiger partial charge in [-0.2, -0.15) is 0 Å². The first-order chi connectivity index (χ1) is 15.5. The molecule has 2 aliphatic heterocycles. The summed E-state index contributed by atoms with van der Waals surface area (Å²) in [6, 6.07) is 4.27. The molecule has 3 heterocycles. The maximum atomic E-state index is 13.5. The van der Waals surface area contributed by atoms with Crippen molar-refractivity contribution in [3.05, 3.63) is 45.6 Å². The fraction of sp³-hybridized carbons (Fsp3) is 0.476. The van der Waals surface area contributed by atoms with E-state index in [-0.39, 0.29) is 30.4 Å². The normalized spacial score (nSPS) is 21.9. The average Bonchev–Trinajstić information content (AvgIpc) is 2.76. The number of benzene rings is 1. The largest absolute Gasteiger partial charge is 0.491 e. The molecule has 0 aliphatic carbocycles. The Bertz CT molecular complexity index is 1110. The molecule has 0 bridgehead atoms. The minimum absolute atomic E-state index is 0.0308. The van der Waals surface area contributed by atoms with Gasteiger partial charge >= 0.3 is 0 Å². The van der Waals surface area contributed by atoms with Crippen molar-refractivity contribution in [3.63, 3.8) is 0 Å². The van der Waals surface area contributed by atoms with Crippen molar-refractivity contribution in [3.8, 4) is 22.9 Å². The summed E-state index contributed by atoms with van der Waals surface area (Å²) in [5.74, 6) is 0.111. The molecule has 0 saturated carbocycles. The molecule has 28 heavy (non-hydrogen) atoms. The maximum Gasteiger partial charge on any atom is 0.197 e. The quantitative estimate of drug-likeness (QED) is 0.754. The monoisotopic (exact) mass is 394 g/mol. The second kappa shape index (κ2) is 8.32. The molecule has 0 unspecified atom stereocenters. The molecular formula is C21H24FNO5. The Morgan fingerprint density at radius 2 is 2.29 bits per heavy atom. The Labute approximate surface area is 169 Å². The van der Waals surface area contributed by atoms with E-state index in [0.29, 0.717) is 49.6 Å². The van der Waals surface area contributed by atoms with Crippen molar-refractivity contribution in [2.45, 2.75) is 26.0 Å². The third-order valence-electron chi connectivity index (χ3n) is 4.87. The van der Waals surface area contributed by atoms with Crippen molar-refractivity contribution in [2.75, 3.05) is 39.6 Å². The molecule has 0 N–H and O–H groups in total. The van der Waals surface area contributed by atoms with Crippen molar-refractivity contribution in [2.24, 2.45) is 0 Å². The van der Waals surface area contributed by atoms with Crippen molar-refractivity contribution >= 4 is 0 Å². The Hall–Kier alpha value is -2.38. The number of aryl methyl sites for hydroxylation is 1. The zero-order valence-electron chi connectivity index (χ0n) is 20.4. The van der Waals surface area contributed by atoms with Gasteiger partial charge in [-0.15, -0.1) is 0 Å². The van der Waals surface area contributed by atoms with Crippen LogP contribution in [0.15, 0.2) is 29.0 Å². The van der Waals surface area contributed by atoms with Crippen LogP contribution in [-0.2, 0) is 22.4 Å². The third-order valence-corrected chi connectivity index (χ3v) is 4.87. The van der Waals surface area contributed by atoms with Gasteiger partial charge in [0.1, 0.15) is 31.6 Å². The van der Waals surface area contributed by atoms with Crippen LogP contribution in [0.5, 0.6) is 11.6 Å². The lowest BCUT2D eigenvalue weighted by molar-refractivity contribution is -0.102. The summed E-state index contributed by atoms with van der Waals surface area (Å²) in [7, 11) is 0. The van der Waals surface area contributed by atoms with Gasteiger partial charge in [0.15, 0.2) is 11.3 Å². The van der Waals surface area contributed by atoms with Crippen LogP contribution in [-0.4, -0.2) is 50.3 Å². The van der Waals surface area contributed by atoms with Crippen molar-refractivity contribution in [1.29, 1.82) is 0 Å². The molecule has 7 heteroatoms. The lowest BCUT2D eigenvalue weighted by atomic mass is 9.94. The third kappa shape index (κ3) is 3.77. The Morgan fingerprint density at radius 3 is 3.07 bits per heavy atom. The number of nitrogens with zero attached hydrogens (tertiary/aromatic N) is 1. The van der Waals surface area contributed by atoms with Gasteiger partial charge in [-0.3, -0.25) is 4.79 Å². The molecule has 4 rings (SSSR count). The van der Waals surface area contributed by atoms with Crippen molar-refractivity contribution < 1.29 is 30.2 Å². The van der Waals surface area contributed by atoms with Crippen LogP contribution in [0, 0.1) is 6.92 Å². The zero-order valence-corrected chi connectivity index (χ0v) is 15.4. The fourth-order valence-corrected chi connectivity index (χ4v) is 3.53. The summed E-state index contributed by atoms with van der Waals surface area (Å²) in [4.78, 5) is 12.8.